The average Bonchev–Trinajstić information content (AvgIpc) is 3.14. The van der Waals surface area contributed by atoms with Crippen LogP contribution in [0.1, 0.15) is 36.3 Å². The van der Waals surface area contributed by atoms with Crippen LogP contribution in [0.2, 0.25) is 0 Å². The zero-order valence-corrected chi connectivity index (χ0v) is 15.5. The number of hydrogen-bond donors (Lipinski definition) is 1. The topological polar surface area (TPSA) is 76.6 Å². The predicted octanol–water partition coefficient (Wildman–Crippen LogP) is 2.36. The number of aryl methyl sites for hydroxylation is 1. The molecule has 7 heteroatoms. The van der Waals surface area contributed by atoms with Crippen LogP contribution in [0, 0.1) is 6.92 Å². The van der Waals surface area contributed by atoms with Gasteiger partial charge in [0.15, 0.2) is 11.5 Å². The number of fused-ring (bicyclic) bond motifs is 1. The molecule has 1 amide bonds. The fourth-order valence-electron chi connectivity index (χ4n) is 3.45. The minimum absolute atomic E-state index is 0.0708. The maximum atomic E-state index is 12.3. The molecule has 0 bridgehead atoms. The molecule has 4 rings (SSSR count). The van der Waals surface area contributed by atoms with Gasteiger partial charge in [-0.05, 0) is 43.9 Å². The number of nitrogens with zero attached hydrogens (tertiary/aromatic N) is 3. The van der Waals surface area contributed by atoms with Gasteiger partial charge in [-0.15, -0.1) is 0 Å². The molecule has 0 radical (unpaired) electrons. The van der Waals surface area contributed by atoms with Crippen LogP contribution in [-0.4, -0.2) is 35.8 Å². The van der Waals surface area contributed by atoms with Crippen molar-refractivity contribution in [3.8, 4) is 11.5 Å². The number of anilines is 1. The number of hydrogen-bond acceptors (Lipinski definition) is 6. The molecule has 1 saturated heterocycles. The monoisotopic (exact) mass is 368 g/mol. The molecule has 0 spiro atoms. The lowest BCUT2D eigenvalue weighted by Gasteiger charge is -2.28. The first-order chi connectivity index (χ1) is 13.2. The van der Waals surface area contributed by atoms with Gasteiger partial charge in [0.05, 0.1) is 13.0 Å². The number of ether oxygens (including phenoxy) is 2. The van der Waals surface area contributed by atoms with E-state index in [1.54, 1.807) is 0 Å². The summed E-state index contributed by atoms with van der Waals surface area (Å²) in [6.45, 7) is 4.59. The number of aromatic nitrogens is 2. The summed E-state index contributed by atoms with van der Waals surface area (Å²) in [6, 6.07) is 7.58. The van der Waals surface area contributed by atoms with Crippen molar-refractivity contribution in [1.29, 1.82) is 0 Å². The lowest BCUT2D eigenvalue weighted by molar-refractivity contribution is -0.120. The molecule has 1 aromatic heterocycles. The standard InChI is InChI=1S/C20H24N4O3/c1-14-9-19(24-7-3-2-4-8-24)23-18(22-14)12-21-20(25)11-15-5-6-16-17(10-15)27-13-26-16/h5-6,9-10H,2-4,7-8,11-13H2,1H3,(H,21,25). The van der Waals surface area contributed by atoms with Gasteiger partial charge in [0.1, 0.15) is 11.6 Å². The van der Waals surface area contributed by atoms with Gasteiger partial charge < -0.3 is 19.7 Å². The lowest BCUT2D eigenvalue weighted by Crippen LogP contribution is -2.31. The Balaban J connectivity index is 1.36. The van der Waals surface area contributed by atoms with Gasteiger partial charge >= 0.3 is 0 Å². The molecule has 7 nitrogen and oxygen atoms in total. The summed E-state index contributed by atoms with van der Waals surface area (Å²) in [5, 5.41) is 2.92. The molecule has 142 valence electrons. The number of rotatable bonds is 5. The van der Waals surface area contributed by atoms with E-state index >= 15 is 0 Å². The first-order valence-corrected chi connectivity index (χ1v) is 9.42. The number of nitrogens with one attached hydrogen (secondary N) is 1. The summed E-state index contributed by atoms with van der Waals surface area (Å²) < 4.78 is 10.6. The molecular weight excluding hydrogens is 344 g/mol. The van der Waals surface area contributed by atoms with Gasteiger partial charge in [0.2, 0.25) is 12.7 Å². The third kappa shape index (κ3) is 4.30. The third-order valence-electron chi connectivity index (χ3n) is 4.81. The molecule has 0 unspecified atom stereocenters. The van der Waals surface area contributed by atoms with Crippen LogP contribution in [-0.2, 0) is 17.8 Å². The van der Waals surface area contributed by atoms with E-state index in [1.165, 1.54) is 19.3 Å². The van der Waals surface area contributed by atoms with E-state index in [0.717, 1.165) is 35.9 Å². The normalized spacial score (nSPS) is 15.7. The minimum Gasteiger partial charge on any atom is -0.454 e. The number of amides is 1. The molecule has 1 N–H and O–H groups in total. The Bertz CT molecular complexity index is 834. The Morgan fingerprint density at radius 1 is 1.11 bits per heavy atom. The van der Waals surface area contributed by atoms with Crippen LogP contribution in [0.15, 0.2) is 24.3 Å². The van der Waals surface area contributed by atoms with Crippen molar-refractivity contribution in [2.45, 2.75) is 39.2 Å². The summed E-state index contributed by atoms with van der Waals surface area (Å²) in [5.41, 5.74) is 1.81. The van der Waals surface area contributed by atoms with Crippen molar-refractivity contribution in [1.82, 2.24) is 15.3 Å². The van der Waals surface area contributed by atoms with Crippen LogP contribution in [0.5, 0.6) is 11.5 Å². The maximum absolute atomic E-state index is 12.3. The van der Waals surface area contributed by atoms with E-state index in [4.69, 9.17) is 9.47 Å². The van der Waals surface area contributed by atoms with Crippen molar-refractivity contribution in [3.05, 3.63) is 41.3 Å². The summed E-state index contributed by atoms with van der Waals surface area (Å²) in [5.74, 6) is 2.95. The predicted molar refractivity (Wildman–Crippen MR) is 101 cm³/mol. The van der Waals surface area contributed by atoms with Crippen molar-refractivity contribution in [2.24, 2.45) is 0 Å². The van der Waals surface area contributed by atoms with Crippen LogP contribution < -0.4 is 19.7 Å². The van der Waals surface area contributed by atoms with E-state index in [9.17, 15) is 4.79 Å². The van der Waals surface area contributed by atoms with E-state index in [1.807, 2.05) is 31.2 Å². The lowest BCUT2D eigenvalue weighted by atomic mass is 10.1. The summed E-state index contributed by atoms with van der Waals surface area (Å²) in [4.78, 5) is 23.7. The first-order valence-electron chi connectivity index (χ1n) is 9.42. The minimum atomic E-state index is -0.0708. The third-order valence-corrected chi connectivity index (χ3v) is 4.81. The molecule has 1 fully saturated rings. The molecule has 1 aromatic carbocycles. The fraction of sp³-hybridized carbons (Fsp3) is 0.450. The zero-order chi connectivity index (χ0) is 18.6. The molecule has 27 heavy (non-hydrogen) atoms. The summed E-state index contributed by atoms with van der Waals surface area (Å²) >= 11 is 0. The van der Waals surface area contributed by atoms with E-state index in [2.05, 4.69) is 20.2 Å². The van der Waals surface area contributed by atoms with Crippen LogP contribution in [0.4, 0.5) is 5.82 Å². The summed E-state index contributed by atoms with van der Waals surface area (Å²) in [7, 11) is 0. The Labute approximate surface area is 158 Å². The second-order valence-corrected chi connectivity index (χ2v) is 6.97. The highest BCUT2D eigenvalue weighted by Gasteiger charge is 2.16. The molecule has 2 aliphatic heterocycles. The van der Waals surface area contributed by atoms with Crippen molar-refractivity contribution in [2.75, 3.05) is 24.8 Å². The average molecular weight is 368 g/mol. The smallest absolute Gasteiger partial charge is 0.231 e. The van der Waals surface area contributed by atoms with Crippen molar-refractivity contribution < 1.29 is 14.3 Å². The van der Waals surface area contributed by atoms with Gasteiger partial charge in [-0.25, -0.2) is 9.97 Å². The first kappa shape index (κ1) is 17.6. The SMILES string of the molecule is Cc1cc(N2CCCCC2)nc(CNC(=O)Cc2ccc3c(c2)OCO3)n1. The second kappa shape index (κ2) is 7.82. The molecular formula is C20H24N4O3. The van der Waals surface area contributed by atoms with Crippen LogP contribution in [0.3, 0.4) is 0 Å². The van der Waals surface area contributed by atoms with Gasteiger partial charge in [0, 0.05) is 24.8 Å². The molecule has 0 saturated carbocycles. The van der Waals surface area contributed by atoms with E-state index in [0.29, 0.717) is 18.1 Å². The highest BCUT2D eigenvalue weighted by molar-refractivity contribution is 5.78. The molecule has 3 heterocycles. The van der Waals surface area contributed by atoms with Crippen molar-refractivity contribution in [3.63, 3.8) is 0 Å². The highest BCUT2D eigenvalue weighted by Crippen LogP contribution is 2.32. The van der Waals surface area contributed by atoms with Crippen LogP contribution >= 0.6 is 0 Å². The van der Waals surface area contributed by atoms with Gasteiger partial charge in [-0.2, -0.15) is 0 Å². The second-order valence-electron chi connectivity index (χ2n) is 6.97. The number of carbonyl (C=O) groups excluding carboxylic acids is 1. The van der Waals surface area contributed by atoms with E-state index < -0.39 is 0 Å². The van der Waals surface area contributed by atoms with E-state index in [-0.39, 0.29) is 19.1 Å². The largest absolute Gasteiger partial charge is 0.454 e. The molecule has 2 aromatic rings. The highest BCUT2D eigenvalue weighted by atomic mass is 16.7. The Hall–Kier alpha value is -2.83. The summed E-state index contributed by atoms with van der Waals surface area (Å²) in [6.07, 6.45) is 3.96. The Morgan fingerprint density at radius 2 is 1.93 bits per heavy atom. The van der Waals surface area contributed by atoms with Crippen molar-refractivity contribution >= 4 is 11.7 Å². The van der Waals surface area contributed by atoms with Gasteiger partial charge in [-0.1, -0.05) is 6.07 Å². The number of carbonyl (C=O) groups is 1. The fourth-order valence-corrected chi connectivity index (χ4v) is 3.45. The molecule has 0 aliphatic carbocycles. The number of piperidine rings is 1. The molecule has 0 atom stereocenters. The quantitative estimate of drug-likeness (QED) is 0.873. The van der Waals surface area contributed by atoms with Gasteiger partial charge in [0.25, 0.3) is 0 Å². The number of benzene rings is 1. The maximum Gasteiger partial charge on any atom is 0.231 e. The molecule has 2 aliphatic rings. The van der Waals surface area contributed by atoms with Gasteiger partial charge in [-0.3, -0.25) is 4.79 Å². The Kier molecular flexibility index (Phi) is 5.09. The van der Waals surface area contributed by atoms with Crippen LogP contribution in [0.25, 0.3) is 0 Å². The Morgan fingerprint density at radius 3 is 2.78 bits per heavy atom. The zero-order valence-electron chi connectivity index (χ0n) is 15.5.